The highest BCUT2D eigenvalue weighted by Crippen LogP contribution is 2.09. The summed E-state index contributed by atoms with van der Waals surface area (Å²) in [6, 6.07) is -0.489. The fraction of sp³-hybridized carbons (Fsp3) is 1.00. The molecule has 0 radical (unpaired) electrons. The lowest BCUT2D eigenvalue weighted by molar-refractivity contribution is 0.133. The normalized spacial score (nSPS) is 32.5. The maximum absolute atomic E-state index is 10.2. The van der Waals surface area contributed by atoms with Crippen LogP contribution < -0.4 is 5.73 Å². The lowest BCUT2D eigenvalue weighted by Gasteiger charge is -2.10. The third kappa shape index (κ3) is 2.72. The molecule has 1 saturated heterocycles. The number of ether oxygens (including phenoxy) is 1. The minimum absolute atomic E-state index is 0.0982. The Kier molecular flexibility index (Phi) is 2.45. The molecule has 0 saturated carbocycles. The summed E-state index contributed by atoms with van der Waals surface area (Å²) in [5.41, 5.74) is 5.36. The molecule has 1 aliphatic heterocycles. The molecule has 1 fully saturated rings. The summed E-state index contributed by atoms with van der Waals surface area (Å²) in [5, 5.41) is 0. The monoisotopic (exact) mass is 183 g/mol. The van der Waals surface area contributed by atoms with Crippen LogP contribution in [0.1, 0.15) is 0 Å². The van der Waals surface area contributed by atoms with E-state index < -0.39 is 22.5 Å². The van der Waals surface area contributed by atoms with E-state index in [4.69, 9.17) is 15.0 Å². The van der Waals surface area contributed by atoms with Crippen molar-refractivity contribution in [1.82, 2.24) is 0 Å². The van der Waals surface area contributed by atoms with Gasteiger partial charge in [0.2, 0.25) is 0 Å². The van der Waals surface area contributed by atoms with Gasteiger partial charge >= 0.3 is 10.4 Å². The standard InChI is InChI=1S/C4H9NO5S/c5-3-1-9-2-4(3)10-11(6,7)8/h3-4H,1-2,5H2,(H,6,7,8). The zero-order valence-corrected chi connectivity index (χ0v) is 6.45. The van der Waals surface area contributed by atoms with Crippen molar-refractivity contribution < 1.29 is 21.9 Å². The summed E-state index contributed by atoms with van der Waals surface area (Å²) < 4.78 is 37.5. The topological polar surface area (TPSA) is 98.9 Å². The quantitative estimate of drug-likeness (QED) is 0.507. The van der Waals surface area contributed by atoms with Gasteiger partial charge in [-0.2, -0.15) is 8.42 Å². The van der Waals surface area contributed by atoms with Gasteiger partial charge in [0.25, 0.3) is 0 Å². The molecule has 7 heteroatoms. The number of hydrogen-bond donors (Lipinski definition) is 2. The number of nitrogens with two attached hydrogens (primary N) is 1. The highest BCUT2D eigenvalue weighted by atomic mass is 32.3. The van der Waals surface area contributed by atoms with Crippen LogP contribution in [0.2, 0.25) is 0 Å². The van der Waals surface area contributed by atoms with Gasteiger partial charge in [0, 0.05) is 0 Å². The molecule has 0 aliphatic carbocycles. The third-order valence-electron chi connectivity index (χ3n) is 1.32. The molecule has 2 unspecified atom stereocenters. The Labute approximate surface area is 64.2 Å². The van der Waals surface area contributed by atoms with Crippen LogP contribution in [-0.4, -0.2) is 38.3 Å². The molecule has 1 rings (SSSR count). The van der Waals surface area contributed by atoms with Gasteiger partial charge in [-0.1, -0.05) is 0 Å². The summed E-state index contributed by atoms with van der Waals surface area (Å²) >= 11 is 0. The van der Waals surface area contributed by atoms with Crippen LogP contribution in [0.15, 0.2) is 0 Å². The highest BCUT2D eigenvalue weighted by Gasteiger charge is 2.29. The lowest BCUT2D eigenvalue weighted by atomic mass is 10.2. The maximum atomic E-state index is 10.2. The molecule has 0 amide bonds. The maximum Gasteiger partial charge on any atom is 0.397 e. The Morgan fingerprint density at radius 1 is 1.55 bits per heavy atom. The molecule has 11 heavy (non-hydrogen) atoms. The molecular formula is C4H9NO5S. The van der Waals surface area contributed by atoms with E-state index in [1.54, 1.807) is 0 Å². The van der Waals surface area contributed by atoms with Gasteiger partial charge in [-0.3, -0.25) is 4.55 Å². The fourth-order valence-electron chi connectivity index (χ4n) is 0.807. The first-order valence-corrected chi connectivity index (χ1v) is 4.34. The van der Waals surface area contributed by atoms with Gasteiger partial charge < -0.3 is 10.5 Å². The first-order chi connectivity index (χ1) is 4.99. The largest absolute Gasteiger partial charge is 0.397 e. The van der Waals surface area contributed by atoms with Crippen molar-refractivity contribution in [2.45, 2.75) is 12.1 Å². The van der Waals surface area contributed by atoms with Gasteiger partial charge in [-0.05, 0) is 0 Å². The summed E-state index contributed by atoms with van der Waals surface area (Å²) in [7, 11) is -4.40. The van der Waals surface area contributed by atoms with Crippen molar-refractivity contribution in [3.63, 3.8) is 0 Å². The van der Waals surface area contributed by atoms with Crippen LogP contribution in [0, 0.1) is 0 Å². The minimum Gasteiger partial charge on any atom is -0.377 e. The van der Waals surface area contributed by atoms with E-state index in [0.717, 1.165) is 0 Å². The molecule has 1 heterocycles. The van der Waals surface area contributed by atoms with E-state index in [2.05, 4.69) is 4.18 Å². The van der Waals surface area contributed by atoms with Gasteiger partial charge in [0.15, 0.2) is 0 Å². The Hall–Kier alpha value is -0.210. The van der Waals surface area contributed by atoms with Crippen LogP contribution >= 0.6 is 0 Å². The molecule has 1 aliphatic rings. The second kappa shape index (κ2) is 3.03. The average molecular weight is 183 g/mol. The Balaban J connectivity index is 2.50. The van der Waals surface area contributed by atoms with Gasteiger partial charge in [0.05, 0.1) is 19.3 Å². The molecule has 0 aromatic carbocycles. The van der Waals surface area contributed by atoms with E-state index in [1.165, 1.54) is 0 Å². The van der Waals surface area contributed by atoms with Crippen molar-refractivity contribution in [3.8, 4) is 0 Å². The fourth-order valence-corrected chi connectivity index (χ4v) is 1.32. The molecule has 0 aromatic rings. The predicted molar refractivity (Wildman–Crippen MR) is 35.2 cm³/mol. The van der Waals surface area contributed by atoms with Crippen molar-refractivity contribution in [2.24, 2.45) is 5.73 Å². The lowest BCUT2D eigenvalue weighted by Crippen LogP contribution is -2.36. The Morgan fingerprint density at radius 3 is 2.55 bits per heavy atom. The van der Waals surface area contributed by atoms with Gasteiger partial charge in [0.1, 0.15) is 6.10 Å². The van der Waals surface area contributed by atoms with Crippen LogP contribution in [-0.2, 0) is 19.3 Å². The zero-order valence-electron chi connectivity index (χ0n) is 5.63. The molecule has 6 nitrogen and oxygen atoms in total. The minimum atomic E-state index is -4.40. The second-order valence-electron chi connectivity index (χ2n) is 2.26. The van der Waals surface area contributed by atoms with Crippen LogP contribution in [0.5, 0.6) is 0 Å². The summed E-state index contributed by atoms with van der Waals surface area (Å²) in [4.78, 5) is 0. The SMILES string of the molecule is NC1COCC1OS(=O)(=O)O. The molecule has 66 valence electrons. The van der Waals surface area contributed by atoms with Gasteiger partial charge in [-0.25, -0.2) is 4.18 Å². The summed E-state index contributed by atoms with van der Waals surface area (Å²) in [6.07, 6.45) is -0.759. The van der Waals surface area contributed by atoms with Crippen LogP contribution in [0.25, 0.3) is 0 Å². The van der Waals surface area contributed by atoms with Crippen molar-refractivity contribution >= 4 is 10.4 Å². The highest BCUT2D eigenvalue weighted by molar-refractivity contribution is 7.80. The van der Waals surface area contributed by atoms with E-state index >= 15 is 0 Å². The Morgan fingerprint density at radius 2 is 2.18 bits per heavy atom. The first kappa shape index (κ1) is 8.88. The van der Waals surface area contributed by atoms with E-state index in [-0.39, 0.29) is 13.2 Å². The summed E-state index contributed by atoms with van der Waals surface area (Å²) in [5.74, 6) is 0. The molecule has 2 atom stereocenters. The molecule has 0 aromatic heterocycles. The Bertz CT molecular complexity index is 225. The smallest absolute Gasteiger partial charge is 0.377 e. The van der Waals surface area contributed by atoms with Crippen molar-refractivity contribution in [2.75, 3.05) is 13.2 Å². The van der Waals surface area contributed by atoms with Crippen LogP contribution in [0.3, 0.4) is 0 Å². The van der Waals surface area contributed by atoms with Crippen molar-refractivity contribution in [1.29, 1.82) is 0 Å². The first-order valence-electron chi connectivity index (χ1n) is 2.98. The molecule has 3 N–H and O–H groups in total. The van der Waals surface area contributed by atoms with Crippen molar-refractivity contribution in [3.05, 3.63) is 0 Å². The third-order valence-corrected chi connectivity index (χ3v) is 1.81. The molecule has 0 bridgehead atoms. The van der Waals surface area contributed by atoms with E-state index in [0.29, 0.717) is 0 Å². The average Bonchev–Trinajstić information content (AvgIpc) is 2.12. The van der Waals surface area contributed by atoms with Gasteiger partial charge in [-0.15, -0.1) is 0 Å². The van der Waals surface area contributed by atoms with E-state index in [9.17, 15) is 8.42 Å². The molecular weight excluding hydrogens is 174 g/mol. The molecule has 0 spiro atoms. The summed E-state index contributed by atoms with van der Waals surface area (Å²) in [6.45, 7) is 0.348. The predicted octanol–water partition coefficient (Wildman–Crippen LogP) is -1.47. The zero-order chi connectivity index (χ0) is 8.48. The number of hydrogen-bond acceptors (Lipinski definition) is 5. The number of rotatable bonds is 2. The van der Waals surface area contributed by atoms with Crippen LogP contribution in [0.4, 0.5) is 0 Å². The second-order valence-corrected chi connectivity index (χ2v) is 3.31. The van der Waals surface area contributed by atoms with E-state index in [1.807, 2.05) is 0 Å².